The largest absolute Gasteiger partial charge is 0.380 e. The molecular weight excluding hydrogens is 571 g/mol. The predicted molar refractivity (Wildman–Crippen MR) is 160 cm³/mol. The fourth-order valence-electron chi connectivity index (χ4n) is 7.71. The number of imidazole rings is 1. The Morgan fingerprint density at radius 2 is 1.78 bits per heavy atom. The number of halogens is 4. The highest BCUT2D eigenvalue weighted by Gasteiger charge is 2.43. The van der Waals surface area contributed by atoms with Gasteiger partial charge in [-0.15, -0.1) is 11.6 Å². The number of methoxy groups -OCH3 is 1. The third-order valence-electron chi connectivity index (χ3n) is 10.1. The highest BCUT2D eigenvalue weighted by Crippen LogP contribution is 2.48. The van der Waals surface area contributed by atoms with Crippen molar-refractivity contribution < 1.29 is 22.6 Å². The van der Waals surface area contributed by atoms with E-state index in [1.165, 1.54) is 17.5 Å². The zero-order chi connectivity index (χ0) is 29.1. The van der Waals surface area contributed by atoms with Gasteiger partial charge in [0, 0.05) is 43.0 Å². The third kappa shape index (κ3) is 7.43. The van der Waals surface area contributed by atoms with Crippen molar-refractivity contribution in [1.29, 1.82) is 0 Å². The van der Waals surface area contributed by atoms with Gasteiger partial charge in [0.25, 0.3) is 0 Å². The van der Waals surface area contributed by atoms with Crippen LogP contribution in [0.2, 0.25) is 0 Å². The zero-order valence-electron chi connectivity index (χ0n) is 25.0. The Balaban J connectivity index is 1.37. The minimum absolute atomic E-state index is 0.0450. The van der Waals surface area contributed by atoms with E-state index in [0.717, 1.165) is 62.2 Å². The Bertz CT molecular complexity index is 979. The fraction of sp³-hybridized carbons (Fsp3) is 0.903. The molecular formula is C31H49ClF3N3O2S. The predicted octanol–water partition coefficient (Wildman–Crippen LogP) is 7.30. The first-order valence-corrected chi connectivity index (χ1v) is 17.3. The molecule has 4 aliphatic carbocycles. The third-order valence-corrected chi connectivity index (χ3v) is 11.7. The summed E-state index contributed by atoms with van der Waals surface area (Å²) in [5.74, 6) is 0.429. The van der Waals surface area contributed by atoms with Crippen molar-refractivity contribution in [3.05, 3.63) is 11.4 Å². The van der Waals surface area contributed by atoms with Crippen molar-refractivity contribution in [3.8, 4) is 0 Å². The molecule has 1 aromatic rings. The maximum Gasteiger partial charge on any atom is 0.168 e. The maximum absolute atomic E-state index is 15.6. The van der Waals surface area contributed by atoms with E-state index in [-0.39, 0.29) is 17.5 Å². The van der Waals surface area contributed by atoms with Crippen LogP contribution in [0.5, 0.6) is 0 Å². The molecule has 8 unspecified atom stereocenters. The van der Waals surface area contributed by atoms with Gasteiger partial charge in [0.1, 0.15) is 18.5 Å². The molecule has 0 amide bonds. The Kier molecular flexibility index (Phi) is 11.3. The summed E-state index contributed by atoms with van der Waals surface area (Å²) in [4.78, 5) is 7.16. The van der Waals surface area contributed by atoms with E-state index in [4.69, 9.17) is 26.1 Å². The van der Waals surface area contributed by atoms with Crippen molar-refractivity contribution in [1.82, 2.24) is 14.5 Å². The van der Waals surface area contributed by atoms with Crippen LogP contribution >= 0.6 is 23.4 Å². The van der Waals surface area contributed by atoms with E-state index in [2.05, 4.69) is 4.57 Å². The second-order valence-electron chi connectivity index (χ2n) is 13.1. The van der Waals surface area contributed by atoms with Crippen LogP contribution in [-0.2, 0) is 15.9 Å². The van der Waals surface area contributed by atoms with Crippen LogP contribution in [0.1, 0.15) is 94.0 Å². The standard InChI is InChI=1S/C31H49ClF3N3O2S/c1-37(2)15-16-40-27-14-13-25(34)23(29(27)35)18-41-31-36-26-6-4-5-22(19-7-12-24(32)28(17-19)39-3)30(26)38(31)21-10-8-20(33)9-11-21/h19-25,27-29H,4-18H2,1-3H3. The van der Waals surface area contributed by atoms with Gasteiger partial charge in [0.05, 0.1) is 29.9 Å². The van der Waals surface area contributed by atoms with E-state index >= 15 is 8.78 Å². The van der Waals surface area contributed by atoms with Crippen molar-refractivity contribution in [3.63, 3.8) is 0 Å². The summed E-state index contributed by atoms with van der Waals surface area (Å²) in [6, 6.07) is 0.180. The Morgan fingerprint density at radius 3 is 2.51 bits per heavy atom. The summed E-state index contributed by atoms with van der Waals surface area (Å²) in [5.41, 5.74) is 2.44. The highest BCUT2D eigenvalue weighted by molar-refractivity contribution is 7.99. The van der Waals surface area contributed by atoms with Gasteiger partial charge in [-0.2, -0.15) is 0 Å². The van der Waals surface area contributed by atoms with E-state index in [1.807, 2.05) is 19.0 Å². The van der Waals surface area contributed by atoms with Gasteiger partial charge >= 0.3 is 0 Å². The molecule has 0 N–H and O–H groups in total. The van der Waals surface area contributed by atoms with Crippen molar-refractivity contribution >= 4 is 23.4 Å². The summed E-state index contributed by atoms with van der Waals surface area (Å²) >= 11 is 8.10. The number of aryl methyl sites for hydroxylation is 1. The van der Waals surface area contributed by atoms with Crippen molar-refractivity contribution in [2.75, 3.05) is 40.1 Å². The van der Waals surface area contributed by atoms with Crippen LogP contribution in [0.15, 0.2) is 5.16 Å². The van der Waals surface area contributed by atoms with Crippen LogP contribution in [-0.4, -0.2) is 90.7 Å². The van der Waals surface area contributed by atoms with Gasteiger partial charge in [-0.25, -0.2) is 18.2 Å². The lowest BCUT2D eigenvalue weighted by Gasteiger charge is -2.40. The molecule has 234 valence electrons. The first-order valence-electron chi connectivity index (χ1n) is 15.9. The number of ether oxygens (including phenoxy) is 2. The molecule has 1 aromatic heterocycles. The molecule has 3 saturated carbocycles. The molecule has 0 bridgehead atoms. The first-order chi connectivity index (χ1) is 19.8. The second kappa shape index (κ2) is 14.5. The summed E-state index contributed by atoms with van der Waals surface area (Å²) in [6.07, 6.45) is 5.69. The minimum atomic E-state index is -1.34. The highest BCUT2D eigenvalue weighted by atomic mass is 35.5. The van der Waals surface area contributed by atoms with Crippen molar-refractivity contribution in [2.45, 2.75) is 130 Å². The molecule has 0 aliphatic heterocycles. The summed E-state index contributed by atoms with van der Waals surface area (Å²) in [7, 11) is 5.67. The molecule has 1 heterocycles. The number of rotatable bonds is 10. The number of nitrogens with zero attached hydrogens (tertiary/aromatic N) is 3. The number of aromatic nitrogens is 2. The minimum Gasteiger partial charge on any atom is -0.380 e. The molecule has 4 aliphatic rings. The lowest BCUT2D eigenvalue weighted by atomic mass is 9.72. The summed E-state index contributed by atoms with van der Waals surface area (Å²) in [5, 5.41) is 0.914. The monoisotopic (exact) mass is 619 g/mol. The molecule has 3 fully saturated rings. The van der Waals surface area contributed by atoms with Gasteiger partial charge in [-0.3, -0.25) is 0 Å². The lowest BCUT2D eigenvalue weighted by Crippen LogP contribution is -2.44. The number of alkyl halides is 4. The molecule has 5 nitrogen and oxygen atoms in total. The second-order valence-corrected chi connectivity index (χ2v) is 14.6. The van der Waals surface area contributed by atoms with Gasteiger partial charge in [-0.05, 0) is 97.1 Å². The maximum atomic E-state index is 15.6. The molecule has 8 atom stereocenters. The number of hydrogen-bond donors (Lipinski definition) is 0. The average Bonchev–Trinajstić information content (AvgIpc) is 3.33. The number of thioether (sulfide) groups is 1. The van der Waals surface area contributed by atoms with Crippen LogP contribution < -0.4 is 0 Å². The topological polar surface area (TPSA) is 39.5 Å². The van der Waals surface area contributed by atoms with Crippen LogP contribution in [0.25, 0.3) is 0 Å². The van der Waals surface area contributed by atoms with Gasteiger partial charge < -0.3 is 18.9 Å². The molecule has 0 radical (unpaired) electrons. The number of likely N-dealkylation sites (N-methyl/N-ethyl adjacent to an activating group) is 1. The molecule has 10 heteroatoms. The average molecular weight is 620 g/mol. The summed E-state index contributed by atoms with van der Waals surface area (Å²) in [6.45, 7) is 1.16. The smallest absolute Gasteiger partial charge is 0.168 e. The van der Waals surface area contributed by atoms with Gasteiger partial charge in [0.15, 0.2) is 5.16 Å². The first kappa shape index (κ1) is 31.9. The molecule has 41 heavy (non-hydrogen) atoms. The van der Waals surface area contributed by atoms with Crippen LogP contribution in [0.3, 0.4) is 0 Å². The SMILES string of the molecule is COC1CC(C2CCCc3nc(SCC4C(F)CCC(OCCN(C)C)C4F)n(C4CCC(F)CC4)c32)CCC1Cl. The van der Waals surface area contributed by atoms with E-state index < -0.39 is 30.5 Å². The quantitative estimate of drug-likeness (QED) is 0.203. The van der Waals surface area contributed by atoms with Gasteiger partial charge in [0.2, 0.25) is 0 Å². The summed E-state index contributed by atoms with van der Waals surface area (Å²) < 4.78 is 59.0. The van der Waals surface area contributed by atoms with E-state index in [1.54, 1.807) is 7.11 Å². The van der Waals surface area contributed by atoms with Gasteiger partial charge in [-0.1, -0.05) is 11.8 Å². The van der Waals surface area contributed by atoms with Crippen LogP contribution in [0, 0.1) is 11.8 Å². The van der Waals surface area contributed by atoms with E-state index in [9.17, 15) is 4.39 Å². The Morgan fingerprint density at radius 1 is 1.00 bits per heavy atom. The lowest BCUT2D eigenvalue weighted by molar-refractivity contribution is -0.0676. The fourth-order valence-corrected chi connectivity index (χ4v) is 9.34. The molecule has 0 saturated heterocycles. The molecule has 0 aromatic carbocycles. The van der Waals surface area contributed by atoms with Crippen LogP contribution in [0.4, 0.5) is 13.2 Å². The normalized spacial score (nSPS) is 38.2. The molecule has 5 rings (SSSR count). The number of hydrogen-bond acceptors (Lipinski definition) is 5. The Hall–Kier alpha value is -0.480. The van der Waals surface area contributed by atoms with E-state index in [0.29, 0.717) is 56.4 Å². The Labute approximate surface area is 253 Å². The zero-order valence-corrected chi connectivity index (χ0v) is 26.5. The van der Waals surface area contributed by atoms with Crippen molar-refractivity contribution in [2.24, 2.45) is 11.8 Å². The number of fused-ring (bicyclic) bond motifs is 1. The molecule has 0 spiro atoms.